The number of hydrogen-bond donors (Lipinski definition) is 2. The Labute approximate surface area is 159 Å². The van der Waals surface area contributed by atoms with E-state index in [0.717, 1.165) is 18.4 Å². The Balaban J connectivity index is 1.81. The molecule has 144 valence electrons. The van der Waals surface area contributed by atoms with Crippen LogP contribution in [0, 0.1) is 5.92 Å². The van der Waals surface area contributed by atoms with E-state index < -0.39 is 5.60 Å². The summed E-state index contributed by atoms with van der Waals surface area (Å²) in [5.41, 5.74) is 0.116. The van der Waals surface area contributed by atoms with Crippen LogP contribution in [0.25, 0.3) is 0 Å². The summed E-state index contributed by atoms with van der Waals surface area (Å²) < 4.78 is 15.9. The number of carbonyl (C=O) groups is 1. The van der Waals surface area contributed by atoms with Gasteiger partial charge in [-0.05, 0) is 36.5 Å². The number of rotatable bonds is 8. The van der Waals surface area contributed by atoms with Crippen LogP contribution in [0.15, 0.2) is 42.5 Å². The second-order valence-corrected chi connectivity index (χ2v) is 6.66. The van der Waals surface area contributed by atoms with E-state index in [1.807, 2.05) is 30.3 Å². The molecule has 0 aromatic heterocycles. The smallest absolute Gasteiger partial charge is 0.251 e. The van der Waals surface area contributed by atoms with Crippen LogP contribution in [0.2, 0.25) is 0 Å². The summed E-state index contributed by atoms with van der Waals surface area (Å²) in [5, 5.41) is 14.1. The van der Waals surface area contributed by atoms with Crippen LogP contribution in [0.3, 0.4) is 0 Å². The lowest BCUT2D eigenvalue weighted by Gasteiger charge is -2.29. The van der Waals surface area contributed by atoms with E-state index in [0.29, 0.717) is 22.8 Å². The van der Waals surface area contributed by atoms with E-state index in [1.54, 1.807) is 12.1 Å². The summed E-state index contributed by atoms with van der Waals surface area (Å²) in [6, 6.07) is 12.7. The van der Waals surface area contributed by atoms with Crippen molar-refractivity contribution >= 4 is 5.91 Å². The maximum absolute atomic E-state index is 12.7. The number of aliphatic hydroxyl groups is 1. The maximum atomic E-state index is 12.7. The first kappa shape index (κ1) is 19.0. The van der Waals surface area contributed by atoms with Gasteiger partial charge >= 0.3 is 0 Å². The zero-order chi connectivity index (χ0) is 19.4. The van der Waals surface area contributed by atoms with Crippen LogP contribution in [-0.2, 0) is 5.60 Å². The molecule has 0 bridgehead atoms. The van der Waals surface area contributed by atoms with Gasteiger partial charge in [0, 0.05) is 5.56 Å². The SMILES string of the molecule is COc1cc(C(=O)NCC(O)(c2ccccc2)C2CC2)cc(OC)c1OC. The minimum absolute atomic E-state index is 0.136. The van der Waals surface area contributed by atoms with Gasteiger partial charge in [-0.25, -0.2) is 0 Å². The molecular formula is C21H25NO5. The Morgan fingerprint density at radius 2 is 1.67 bits per heavy atom. The summed E-state index contributed by atoms with van der Waals surface area (Å²) in [6.07, 6.45) is 1.90. The predicted molar refractivity (Wildman–Crippen MR) is 101 cm³/mol. The number of hydrogen-bond acceptors (Lipinski definition) is 5. The molecule has 1 saturated carbocycles. The number of ether oxygens (including phenoxy) is 3. The third kappa shape index (κ3) is 3.85. The molecule has 1 aliphatic rings. The van der Waals surface area contributed by atoms with Gasteiger partial charge in [-0.1, -0.05) is 30.3 Å². The second-order valence-electron chi connectivity index (χ2n) is 6.66. The zero-order valence-corrected chi connectivity index (χ0v) is 15.8. The van der Waals surface area contributed by atoms with Crippen LogP contribution >= 0.6 is 0 Å². The minimum atomic E-state index is -1.07. The molecule has 2 aromatic rings. The molecular weight excluding hydrogens is 346 g/mol. The standard InChI is InChI=1S/C21H25NO5/c1-25-17-11-14(12-18(26-2)19(17)27-3)20(23)22-13-21(24,16-9-10-16)15-7-5-4-6-8-15/h4-8,11-12,16,24H,9-10,13H2,1-3H3,(H,22,23). The first-order chi connectivity index (χ1) is 13.0. The van der Waals surface area contributed by atoms with Crippen molar-refractivity contribution in [2.24, 2.45) is 5.92 Å². The van der Waals surface area contributed by atoms with Gasteiger partial charge in [0.2, 0.25) is 5.75 Å². The molecule has 0 saturated heterocycles. The molecule has 0 radical (unpaired) electrons. The Hall–Kier alpha value is -2.73. The average molecular weight is 371 g/mol. The molecule has 0 spiro atoms. The predicted octanol–water partition coefficient (Wildman–Crippen LogP) is 2.74. The molecule has 0 aliphatic heterocycles. The summed E-state index contributed by atoms with van der Waals surface area (Å²) in [4.78, 5) is 12.7. The molecule has 1 unspecified atom stereocenters. The highest BCUT2D eigenvalue weighted by molar-refractivity contribution is 5.95. The van der Waals surface area contributed by atoms with E-state index in [2.05, 4.69) is 5.32 Å². The van der Waals surface area contributed by atoms with Crippen molar-refractivity contribution in [3.8, 4) is 17.2 Å². The fraction of sp³-hybridized carbons (Fsp3) is 0.381. The third-order valence-electron chi connectivity index (χ3n) is 4.97. The van der Waals surface area contributed by atoms with Crippen LogP contribution in [0.1, 0.15) is 28.8 Å². The Morgan fingerprint density at radius 3 is 2.15 bits per heavy atom. The highest BCUT2D eigenvalue weighted by Crippen LogP contribution is 2.45. The van der Waals surface area contributed by atoms with Crippen molar-refractivity contribution < 1.29 is 24.1 Å². The Kier molecular flexibility index (Phi) is 5.56. The van der Waals surface area contributed by atoms with Gasteiger partial charge in [0.1, 0.15) is 5.60 Å². The minimum Gasteiger partial charge on any atom is -0.493 e. The van der Waals surface area contributed by atoms with Crippen molar-refractivity contribution in [1.29, 1.82) is 0 Å². The van der Waals surface area contributed by atoms with Crippen LogP contribution < -0.4 is 19.5 Å². The number of benzene rings is 2. The molecule has 1 aliphatic carbocycles. The second kappa shape index (κ2) is 7.88. The topological polar surface area (TPSA) is 77.0 Å². The van der Waals surface area contributed by atoms with Gasteiger partial charge in [0.05, 0.1) is 27.9 Å². The van der Waals surface area contributed by atoms with E-state index in [4.69, 9.17) is 14.2 Å². The maximum Gasteiger partial charge on any atom is 0.251 e. The lowest BCUT2D eigenvalue weighted by Crippen LogP contribution is -2.42. The van der Waals surface area contributed by atoms with E-state index in [9.17, 15) is 9.90 Å². The van der Waals surface area contributed by atoms with Crippen molar-refractivity contribution in [3.63, 3.8) is 0 Å². The normalized spacial score (nSPS) is 15.6. The molecule has 6 heteroatoms. The highest BCUT2D eigenvalue weighted by Gasteiger charge is 2.45. The van der Waals surface area contributed by atoms with Crippen LogP contribution in [0.5, 0.6) is 17.2 Å². The lowest BCUT2D eigenvalue weighted by molar-refractivity contribution is 0.0135. The molecule has 2 N–H and O–H groups in total. The third-order valence-corrected chi connectivity index (χ3v) is 4.97. The number of amides is 1. The molecule has 0 heterocycles. The summed E-state index contributed by atoms with van der Waals surface area (Å²) >= 11 is 0. The molecule has 1 fully saturated rings. The summed E-state index contributed by atoms with van der Waals surface area (Å²) in [5.74, 6) is 1.07. The summed E-state index contributed by atoms with van der Waals surface area (Å²) in [6.45, 7) is 0.136. The first-order valence-corrected chi connectivity index (χ1v) is 8.89. The molecule has 2 aromatic carbocycles. The quantitative estimate of drug-likeness (QED) is 0.746. The van der Waals surface area contributed by atoms with Crippen molar-refractivity contribution in [3.05, 3.63) is 53.6 Å². The number of methoxy groups -OCH3 is 3. The fourth-order valence-corrected chi connectivity index (χ4v) is 3.30. The van der Waals surface area contributed by atoms with Gasteiger partial charge in [0.15, 0.2) is 11.5 Å². The van der Waals surface area contributed by atoms with Gasteiger partial charge in [-0.2, -0.15) is 0 Å². The molecule has 1 atom stereocenters. The largest absolute Gasteiger partial charge is 0.493 e. The van der Waals surface area contributed by atoms with Crippen LogP contribution in [-0.4, -0.2) is 38.9 Å². The van der Waals surface area contributed by atoms with Gasteiger partial charge < -0.3 is 24.6 Å². The lowest BCUT2D eigenvalue weighted by atomic mass is 9.88. The van der Waals surface area contributed by atoms with Gasteiger partial charge in [0.25, 0.3) is 5.91 Å². The monoisotopic (exact) mass is 371 g/mol. The Morgan fingerprint density at radius 1 is 1.07 bits per heavy atom. The van der Waals surface area contributed by atoms with Crippen molar-refractivity contribution in [2.75, 3.05) is 27.9 Å². The van der Waals surface area contributed by atoms with E-state index >= 15 is 0 Å². The van der Waals surface area contributed by atoms with Crippen LogP contribution in [0.4, 0.5) is 0 Å². The van der Waals surface area contributed by atoms with Crippen molar-refractivity contribution in [1.82, 2.24) is 5.32 Å². The van der Waals surface area contributed by atoms with Gasteiger partial charge in [-0.3, -0.25) is 4.79 Å². The molecule has 6 nitrogen and oxygen atoms in total. The van der Waals surface area contributed by atoms with Gasteiger partial charge in [-0.15, -0.1) is 0 Å². The fourth-order valence-electron chi connectivity index (χ4n) is 3.30. The van der Waals surface area contributed by atoms with E-state index in [1.165, 1.54) is 21.3 Å². The molecule has 3 rings (SSSR count). The van der Waals surface area contributed by atoms with Crippen molar-refractivity contribution in [2.45, 2.75) is 18.4 Å². The number of carbonyl (C=O) groups excluding carboxylic acids is 1. The average Bonchev–Trinajstić information content (AvgIpc) is 3.57. The first-order valence-electron chi connectivity index (χ1n) is 8.89. The van der Waals surface area contributed by atoms with E-state index in [-0.39, 0.29) is 18.4 Å². The highest BCUT2D eigenvalue weighted by atomic mass is 16.5. The Bertz CT molecular complexity index is 778. The zero-order valence-electron chi connectivity index (χ0n) is 15.8. The number of nitrogens with one attached hydrogen (secondary N) is 1. The summed E-state index contributed by atoms with van der Waals surface area (Å²) in [7, 11) is 4.51. The molecule has 1 amide bonds. The molecule has 27 heavy (non-hydrogen) atoms.